The van der Waals surface area contributed by atoms with Gasteiger partial charge in [-0.3, -0.25) is 14.6 Å². The maximum Gasteiger partial charge on any atom is 0.261 e. The lowest BCUT2D eigenvalue weighted by atomic mass is 9.65. The van der Waals surface area contributed by atoms with Gasteiger partial charge >= 0.3 is 0 Å². The van der Waals surface area contributed by atoms with Gasteiger partial charge in [0.25, 0.3) is 12.3 Å². The molecule has 3 aliphatic rings. The fourth-order valence-corrected chi connectivity index (χ4v) is 5.64. The highest BCUT2D eigenvalue weighted by atomic mass is 79.9. The van der Waals surface area contributed by atoms with Crippen molar-refractivity contribution in [3.63, 3.8) is 0 Å². The Morgan fingerprint density at radius 1 is 1.31 bits per heavy atom. The molecule has 1 aromatic carbocycles. The Bertz CT molecular complexity index is 825. The molecule has 2 heterocycles. The Balaban J connectivity index is 1.60. The van der Waals surface area contributed by atoms with Crippen LogP contribution < -0.4 is 5.73 Å². The fourth-order valence-electron chi connectivity index (χ4n) is 5.28. The predicted molar refractivity (Wildman–Crippen MR) is 112 cm³/mol. The molecule has 1 amide bonds. The molecule has 29 heavy (non-hydrogen) atoms. The molecule has 2 atom stereocenters. The van der Waals surface area contributed by atoms with E-state index in [0.717, 1.165) is 47.7 Å². The molecular formula is C21H27BrF2N4O. The highest BCUT2D eigenvalue weighted by Gasteiger charge is 2.56. The molecule has 8 heteroatoms. The number of nitrogens with two attached hydrogens (primary N) is 1. The third-order valence-electron chi connectivity index (χ3n) is 6.82. The highest BCUT2D eigenvalue weighted by molar-refractivity contribution is 9.10. The van der Waals surface area contributed by atoms with Gasteiger partial charge in [-0.05, 0) is 80.3 Å². The van der Waals surface area contributed by atoms with E-state index in [9.17, 15) is 13.6 Å². The van der Waals surface area contributed by atoms with Crippen LogP contribution in [0.3, 0.4) is 0 Å². The molecule has 0 aromatic heterocycles. The number of carbonyl (C=O) groups excluding carboxylic acids is 1. The average molecular weight is 469 g/mol. The number of piperidine rings is 1. The number of amides is 1. The minimum absolute atomic E-state index is 0.0609. The number of nitrogens with zero attached hydrogens (tertiary/aromatic N) is 3. The van der Waals surface area contributed by atoms with Crippen molar-refractivity contribution in [1.29, 1.82) is 0 Å². The minimum atomic E-state index is -2.29. The van der Waals surface area contributed by atoms with Crippen LogP contribution in [0.4, 0.5) is 8.78 Å². The molecule has 1 aromatic rings. The summed E-state index contributed by atoms with van der Waals surface area (Å²) in [5.41, 5.74) is 7.24. The van der Waals surface area contributed by atoms with Crippen LogP contribution in [0.5, 0.6) is 0 Å². The van der Waals surface area contributed by atoms with E-state index in [4.69, 9.17) is 10.7 Å². The van der Waals surface area contributed by atoms with Gasteiger partial charge in [0.15, 0.2) is 11.5 Å². The smallest absolute Gasteiger partial charge is 0.261 e. The van der Waals surface area contributed by atoms with Crippen LogP contribution >= 0.6 is 15.9 Å². The quantitative estimate of drug-likeness (QED) is 0.736. The molecule has 5 nitrogen and oxygen atoms in total. The molecule has 2 unspecified atom stereocenters. The second-order valence-corrected chi connectivity index (χ2v) is 9.42. The summed E-state index contributed by atoms with van der Waals surface area (Å²) in [6.07, 6.45) is 2.13. The third kappa shape index (κ3) is 3.69. The first-order chi connectivity index (χ1) is 13.8. The van der Waals surface area contributed by atoms with Crippen LogP contribution in [0.2, 0.25) is 0 Å². The van der Waals surface area contributed by atoms with Gasteiger partial charge in [0.2, 0.25) is 0 Å². The van der Waals surface area contributed by atoms with E-state index in [1.165, 1.54) is 4.90 Å². The zero-order valence-corrected chi connectivity index (χ0v) is 18.2. The number of hydrogen-bond acceptors (Lipinski definition) is 4. The Morgan fingerprint density at radius 2 is 2.03 bits per heavy atom. The maximum atomic E-state index is 13.4. The van der Waals surface area contributed by atoms with Crippen molar-refractivity contribution < 1.29 is 13.6 Å². The van der Waals surface area contributed by atoms with E-state index in [2.05, 4.69) is 22.0 Å². The van der Waals surface area contributed by atoms with E-state index >= 15 is 0 Å². The Morgan fingerprint density at radius 3 is 2.66 bits per heavy atom. The summed E-state index contributed by atoms with van der Waals surface area (Å²) in [6, 6.07) is 6.08. The Kier molecular flexibility index (Phi) is 5.68. The lowest BCUT2D eigenvalue weighted by Crippen LogP contribution is -2.48. The number of benzene rings is 1. The van der Waals surface area contributed by atoms with Crippen LogP contribution in [-0.4, -0.2) is 54.8 Å². The van der Waals surface area contributed by atoms with Crippen molar-refractivity contribution in [3.05, 3.63) is 33.8 Å². The summed E-state index contributed by atoms with van der Waals surface area (Å²) < 4.78 is 26.3. The summed E-state index contributed by atoms with van der Waals surface area (Å²) in [4.78, 5) is 21.5. The van der Waals surface area contributed by atoms with Gasteiger partial charge in [0.05, 0.1) is 6.54 Å². The summed E-state index contributed by atoms with van der Waals surface area (Å²) in [5, 5.41) is 0. The predicted octanol–water partition coefficient (Wildman–Crippen LogP) is 3.36. The van der Waals surface area contributed by atoms with E-state index in [0.29, 0.717) is 19.0 Å². The van der Waals surface area contributed by atoms with E-state index in [1.807, 2.05) is 17.0 Å². The minimum Gasteiger partial charge on any atom is -0.369 e. The lowest BCUT2D eigenvalue weighted by Gasteiger charge is -2.42. The normalized spacial score (nSPS) is 28.3. The second kappa shape index (κ2) is 7.95. The second-order valence-electron chi connectivity index (χ2n) is 8.51. The molecule has 1 fully saturated rings. The number of fused-ring (bicyclic) bond motifs is 2. The number of alkyl halides is 2. The Labute approximate surface area is 178 Å². The number of aryl methyl sites for hydroxylation is 1. The molecule has 0 bridgehead atoms. The van der Waals surface area contributed by atoms with Crippen LogP contribution in [0.25, 0.3) is 0 Å². The SMILES string of the molecule is CN1C(=O)C2(N=C1N)c1cc(Br)ccc1CCC2CC1CCN(CC(F)F)CC1. The molecule has 1 aliphatic carbocycles. The first kappa shape index (κ1) is 20.7. The van der Waals surface area contributed by atoms with E-state index < -0.39 is 12.0 Å². The number of likely N-dealkylation sites (N-methyl/N-ethyl adjacent to an activating group) is 1. The van der Waals surface area contributed by atoms with Crippen molar-refractivity contribution in [3.8, 4) is 0 Å². The van der Waals surface area contributed by atoms with Gasteiger partial charge in [-0.2, -0.15) is 0 Å². The first-order valence-electron chi connectivity index (χ1n) is 10.2. The van der Waals surface area contributed by atoms with Crippen molar-refractivity contribution in [2.45, 2.75) is 44.1 Å². The molecule has 1 saturated heterocycles. The highest BCUT2D eigenvalue weighted by Crippen LogP contribution is 2.50. The molecule has 0 saturated carbocycles. The van der Waals surface area contributed by atoms with Gasteiger partial charge < -0.3 is 5.73 Å². The number of rotatable bonds is 4. The number of carbonyl (C=O) groups is 1. The zero-order chi connectivity index (χ0) is 20.8. The van der Waals surface area contributed by atoms with Crippen LogP contribution in [0, 0.1) is 11.8 Å². The van der Waals surface area contributed by atoms with Gasteiger partial charge in [0.1, 0.15) is 0 Å². The molecule has 2 N–H and O–H groups in total. The van der Waals surface area contributed by atoms with E-state index in [-0.39, 0.29) is 24.3 Å². The molecule has 1 spiro atoms. The number of guanidine groups is 1. The van der Waals surface area contributed by atoms with Gasteiger partial charge in [-0.15, -0.1) is 0 Å². The number of likely N-dealkylation sites (tertiary alicyclic amines) is 1. The van der Waals surface area contributed by atoms with Gasteiger partial charge in [-0.1, -0.05) is 22.0 Å². The number of hydrogen-bond donors (Lipinski definition) is 1. The Hall–Kier alpha value is -1.54. The van der Waals surface area contributed by atoms with Crippen molar-refractivity contribution in [1.82, 2.24) is 9.80 Å². The standard InChI is InChI=1S/C21H27BrF2N4O/c1-27-19(29)21(26-20(27)25)15(4-2-14-3-5-16(22)11-17(14)21)10-13-6-8-28(9-7-13)12-18(23)24/h3,5,11,13,15,18H,2,4,6-10,12H2,1H3,(H2,25,26). The zero-order valence-electron chi connectivity index (χ0n) is 16.6. The van der Waals surface area contributed by atoms with Crippen LogP contribution in [0.1, 0.15) is 36.8 Å². The first-order valence-corrected chi connectivity index (χ1v) is 11.0. The number of halogens is 3. The maximum absolute atomic E-state index is 13.4. The molecule has 4 rings (SSSR count). The third-order valence-corrected chi connectivity index (χ3v) is 7.32. The summed E-state index contributed by atoms with van der Waals surface area (Å²) in [7, 11) is 1.68. The monoisotopic (exact) mass is 468 g/mol. The summed E-state index contributed by atoms with van der Waals surface area (Å²) in [6.45, 7) is 1.23. The summed E-state index contributed by atoms with van der Waals surface area (Å²) in [5.74, 6) is 0.676. The molecular weight excluding hydrogens is 442 g/mol. The van der Waals surface area contributed by atoms with Gasteiger partial charge in [-0.25, -0.2) is 13.8 Å². The molecule has 158 valence electrons. The van der Waals surface area contributed by atoms with Crippen molar-refractivity contribution in [2.24, 2.45) is 22.6 Å². The number of aliphatic imine (C=N–C) groups is 1. The summed E-state index contributed by atoms with van der Waals surface area (Å²) >= 11 is 3.54. The van der Waals surface area contributed by atoms with Crippen LogP contribution in [-0.2, 0) is 16.8 Å². The van der Waals surface area contributed by atoms with Crippen molar-refractivity contribution >= 4 is 27.8 Å². The van der Waals surface area contributed by atoms with Crippen LogP contribution in [0.15, 0.2) is 27.7 Å². The fraction of sp³-hybridized carbons (Fsp3) is 0.619. The molecule has 2 aliphatic heterocycles. The average Bonchev–Trinajstić information content (AvgIpc) is 2.90. The topological polar surface area (TPSA) is 61.9 Å². The lowest BCUT2D eigenvalue weighted by molar-refractivity contribution is -0.133. The largest absolute Gasteiger partial charge is 0.369 e. The molecule has 0 radical (unpaired) electrons. The van der Waals surface area contributed by atoms with Gasteiger partial charge in [0, 0.05) is 11.5 Å². The van der Waals surface area contributed by atoms with E-state index in [1.54, 1.807) is 7.05 Å². The van der Waals surface area contributed by atoms with Crippen molar-refractivity contribution in [2.75, 3.05) is 26.7 Å².